The minimum atomic E-state index is 0.224. The van der Waals surface area contributed by atoms with Crippen LogP contribution in [0.1, 0.15) is 48.3 Å². The average Bonchev–Trinajstić information content (AvgIpc) is 3.27. The Balaban J connectivity index is 1.47. The van der Waals surface area contributed by atoms with Crippen LogP contribution in [0.2, 0.25) is 0 Å². The van der Waals surface area contributed by atoms with E-state index >= 15 is 0 Å². The summed E-state index contributed by atoms with van der Waals surface area (Å²) < 4.78 is 2.59. The van der Waals surface area contributed by atoms with Crippen LogP contribution in [0.4, 0.5) is 0 Å². The molecule has 0 aliphatic carbocycles. The van der Waals surface area contributed by atoms with Crippen LogP contribution in [0.25, 0.3) is 22.0 Å². The van der Waals surface area contributed by atoms with Crippen LogP contribution in [0.5, 0.6) is 0 Å². The van der Waals surface area contributed by atoms with E-state index in [1.807, 2.05) is 31.6 Å². The molecule has 1 saturated heterocycles. The van der Waals surface area contributed by atoms with Gasteiger partial charge in [0.1, 0.15) is 0 Å². The highest BCUT2D eigenvalue weighted by atomic mass is 15.1. The van der Waals surface area contributed by atoms with Crippen LogP contribution in [0.3, 0.4) is 0 Å². The van der Waals surface area contributed by atoms with Crippen molar-refractivity contribution >= 4 is 10.9 Å². The molecule has 0 radical (unpaired) electrons. The van der Waals surface area contributed by atoms with Gasteiger partial charge in [-0.05, 0) is 74.1 Å². The van der Waals surface area contributed by atoms with Crippen molar-refractivity contribution in [2.45, 2.75) is 57.7 Å². The van der Waals surface area contributed by atoms with Gasteiger partial charge in [0.25, 0.3) is 0 Å². The van der Waals surface area contributed by atoms with Crippen LogP contribution in [0, 0.1) is 6.92 Å². The van der Waals surface area contributed by atoms with E-state index in [9.17, 15) is 0 Å². The minimum Gasteiger partial charge on any atom is -0.344 e. The lowest BCUT2D eigenvalue weighted by Crippen LogP contribution is -2.43. The van der Waals surface area contributed by atoms with Crippen molar-refractivity contribution in [3.8, 4) is 11.1 Å². The van der Waals surface area contributed by atoms with E-state index in [1.165, 1.54) is 51.7 Å². The van der Waals surface area contributed by atoms with Gasteiger partial charge in [0, 0.05) is 71.0 Å². The summed E-state index contributed by atoms with van der Waals surface area (Å²) in [5.41, 5.74) is 9.44. The highest BCUT2D eigenvalue weighted by molar-refractivity contribution is 5.90. The molecule has 2 aliphatic heterocycles. The molecular weight excluding hydrogens is 380 g/mol. The molecule has 2 aliphatic rings. The molecule has 0 saturated carbocycles. The van der Waals surface area contributed by atoms with Crippen molar-refractivity contribution in [3.05, 3.63) is 83.6 Å². The second-order valence-electron chi connectivity index (χ2n) is 9.52. The Kier molecular flexibility index (Phi) is 4.25. The number of nitrogens with one attached hydrogen (secondary N) is 1. The number of pyridine rings is 2. The molecule has 2 bridgehead atoms. The molecule has 2 unspecified atom stereocenters. The first-order valence-electron chi connectivity index (χ1n) is 11.3. The minimum absolute atomic E-state index is 0.224. The Morgan fingerprint density at radius 3 is 2.87 bits per heavy atom. The number of aryl methyl sites for hydroxylation is 3. The summed E-state index contributed by atoms with van der Waals surface area (Å²) in [6, 6.07) is 15.9. The van der Waals surface area contributed by atoms with E-state index in [4.69, 9.17) is 0 Å². The normalized spacial score (nSPS) is 22.1. The zero-order valence-corrected chi connectivity index (χ0v) is 18.2. The molecule has 156 valence electrons. The van der Waals surface area contributed by atoms with Crippen molar-refractivity contribution in [1.82, 2.24) is 19.9 Å². The first-order chi connectivity index (χ1) is 15.1. The molecule has 4 heteroatoms. The van der Waals surface area contributed by atoms with Gasteiger partial charge in [-0.1, -0.05) is 18.2 Å². The number of aromatic nitrogens is 3. The summed E-state index contributed by atoms with van der Waals surface area (Å²) in [4.78, 5) is 8.82. The van der Waals surface area contributed by atoms with Gasteiger partial charge in [0.2, 0.25) is 0 Å². The maximum atomic E-state index is 4.49. The molecule has 2 atom stereocenters. The Labute approximate surface area is 183 Å². The highest BCUT2D eigenvalue weighted by Gasteiger charge is 2.43. The van der Waals surface area contributed by atoms with Gasteiger partial charge in [-0.3, -0.25) is 9.97 Å². The fourth-order valence-electron chi connectivity index (χ4n) is 5.62. The maximum absolute atomic E-state index is 4.49. The second-order valence-corrected chi connectivity index (χ2v) is 9.52. The third kappa shape index (κ3) is 3.17. The van der Waals surface area contributed by atoms with E-state index in [1.54, 1.807) is 0 Å². The number of rotatable bonds is 4. The monoisotopic (exact) mass is 408 g/mol. The van der Waals surface area contributed by atoms with Gasteiger partial charge in [-0.2, -0.15) is 0 Å². The van der Waals surface area contributed by atoms with Gasteiger partial charge in [0.05, 0.1) is 0 Å². The first-order valence-corrected chi connectivity index (χ1v) is 11.3. The van der Waals surface area contributed by atoms with Crippen LogP contribution < -0.4 is 5.32 Å². The zero-order chi connectivity index (χ0) is 21.0. The highest BCUT2D eigenvalue weighted by Crippen LogP contribution is 2.46. The number of hydrogen-bond acceptors (Lipinski definition) is 3. The lowest BCUT2D eigenvalue weighted by atomic mass is 9.91. The van der Waals surface area contributed by atoms with Crippen molar-refractivity contribution in [2.24, 2.45) is 0 Å². The smallest absolute Gasteiger partial charge is 0.0486 e. The average molecular weight is 409 g/mol. The molecule has 6 rings (SSSR count). The Morgan fingerprint density at radius 1 is 1.13 bits per heavy atom. The molecule has 3 aromatic heterocycles. The molecule has 1 aromatic carbocycles. The van der Waals surface area contributed by atoms with E-state index < -0.39 is 0 Å². The number of fused-ring (bicyclic) bond motifs is 6. The summed E-state index contributed by atoms with van der Waals surface area (Å²) in [6.07, 6.45) is 10.4. The second kappa shape index (κ2) is 7.03. The van der Waals surface area contributed by atoms with Crippen molar-refractivity contribution < 1.29 is 0 Å². The van der Waals surface area contributed by atoms with Crippen molar-refractivity contribution in [3.63, 3.8) is 0 Å². The third-order valence-electron chi connectivity index (χ3n) is 7.22. The van der Waals surface area contributed by atoms with Crippen LogP contribution >= 0.6 is 0 Å². The standard InChI is InChI=1S/C27H28N4/c1-18-5-6-19(16-29-18)10-13-31-24-8-7-20(21-4-3-12-28-17-21)14-22(24)26-23-9-11-27(2,30-23)15-25(26)31/h3-8,12,14,16-17,23,30H,9-11,13,15H2,1-2H3. The van der Waals surface area contributed by atoms with Crippen LogP contribution in [-0.2, 0) is 19.4 Å². The third-order valence-corrected chi connectivity index (χ3v) is 7.22. The number of hydrogen-bond donors (Lipinski definition) is 1. The summed E-state index contributed by atoms with van der Waals surface area (Å²) in [6.45, 7) is 5.43. The molecule has 4 aromatic rings. The summed E-state index contributed by atoms with van der Waals surface area (Å²) in [7, 11) is 0. The zero-order valence-electron chi connectivity index (χ0n) is 18.2. The van der Waals surface area contributed by atoms with Gasteiger partial charge in [-0.25, -0.2) is 0 Å². The van der Waals surface area contributed by atoms with Crippen LogP contribution in [0.15, 0.2) is 61.1 Å². The molecule has 0 amide bonds. The summed E-state index contributed by atoms with van der Waals surface area (Å²) >= 11 is 0. The topological polar surface area (TPSA) is 42.7 Å². The largest absolute Gasteiger partial charge is 0.344 e. The molecule has 0 spiro atoms. The van der Waals surface area contributed by atoms with Gasteiger partial charge in [-0.15, -0.1) is 0 Å². The Morgan fingerprint density at radius 2 is 2.06 bits per heavy atom. The molecular formula is C27H28N4. The predicted octanol–water partition coefficient (Wildman–Crippen LogP) is 5.39. The van der Waals surface area contributed by atoms with Crippen molar-refractivity contribution in [1.29, 1.82) is 0 Å². The molecule has 31 heavy (non-hydrogen) atoms. The summed E-state index contributed by atoms with van der Waals surface area (Å²) in [5, 5.41) is 5.33. The van der Waals surface area contributed by atoms with E-state index in [0.717, 1.165) is 25.1 Å². The SMILES string of the molecule is Cc1ccc(CCn2c3c(c4cc(-c5cccnc5)ccc42)C2CCC(C)(C3)N2)cn1. The Bertz CT molecular complexity index is 1260. The number of benzene rings is 1. The molecule has 1 N–H and O–H groups in total. The molecule has 4 nitrogen and oxygen atoms in total. The quantitative estimate of drug-likeness (QED) is 0.492. The lowest BCUT2D eigenvalue weighted by Gasteiger charge is -2.32. The van der Waals surface area contributed by atoms with E-state index in [2.05, 4.69) is 63.2 Å². The Hall–Kier alpha value is -2.98. The molecule has 1 fully saturated rings. The van der Waals surface area contributed by atoms with Crippen molar-refractivity contribution in [2.75, 3.05) is 0 Å². The fourth-order valence-corrected chi connectivity index (χ4v) is 5.62. The predicted molar refractivity (Wildman–Crippen MR) is 125 cm³/mol. The fraction of sp³-hybridized carbons (Fsp3) is 0.333. The van der Waals surface area contributed by atoms with Gasteiger partial charge < -0.3 is 9.88 Å². The molecule has 5 heterocycles. The van der Waals surface area contributed by atoms with Gasteiger partial charge >= 0.3 is 0 Å². The van der Waals surface area contributed by atoms with E-state index in [0.29, 0.717) is 6.04 Å². The lowest BCUT2D eigenvalue weighted by molar-refractivity contribution is 0.361. The van der Waals surface area contributed by atoms with Gasteiger partial charge in [0.15, 0.2) is 0 Å². The van der Waals surface area contributed by atoms with Crippen LogP contribution in [-0.4, -0.2) is 20.1 Å². The summed E-state index contributed by atoms with van der Waals surface area (Å²) in [5.74, 6) is 0. The van der Waals surface area contributed by atoms with E-state index in [-0.39, 0.29) is 5.54 Å². The number of nitrogens with zero attached hydrogens (tertiary/aromatic N) is 3. The maximum Gasteiger partial charge on any atom is 0.0486 e. The first kappa shape index (κ1) is 18.8.